The SMILES string of the molecule is Cc1c(CNC(=O)c2n[nH]c3c2CNCC3)cnn1C.Cl. The Morgan fingerprint density at radius 2 is 2.33 bits per heavy atom. The fourth-order valence-corrected chi connectivity index (χ4v) is 2.39. The molecule has 1 aliphatic rings. The van der Waals surface area contributed by atoms with Gasteiger partial charge < -0.3 is 10.6 Å². The Kier molecular flexibility index (Phi) is 4.64. The Morgan fingerprint density at radius 3 is 3.05 bits per heavy atom. The van der Waals surface area contributed by atoms with E-state index in [1.54, 1.807) is 10.9 Å². The molecule has 0 saturated carbocycles. The molecule has 0 saturated heterocycles. The Morgan fingerprint density at radius 1 is 1.52 bits per heavy atom. The summed E-state index contributed by atoms with van der Waals surface area (Å²) in [6, 6.07) is 0. The molecule has 0 unspecified atom stereocenters. The molecule has 8 heteroatoms. The second-order valence-corrected chi connectivity index (χ2v) is 5.02. The number of carbonyl (C=O) groups excluding carboxylic acids is 1. The number of rotatable bonds is 3. The minimum absolute atomic E-state index is 0. The van der Waals surface area contributed by atoms with Crippen LogP contribution in [0, 0.1) is 6.92 Å². The lowest BCUT2D eigenvalue weighted by molar-refractivity contribution is 0.0944. The zero-order valence-electron chi connectivity index (χ0n) is 12.1. The van der Waals surface area contributed by atoms with Crippen LogP contribution in [-0.2, 0) is 26.6 Å². The van der Waals surface area contributed by atoms with E-state index in [-0.39, 0.29) is 18.3 Å². The predicted octanol–water partition coefficient (Wildman–Crippen LogP) is 0.449. The number of nitrogens with zero attached hydrogens (tertiary/aromatic N) is 3. The maximum atomic E-state index is 12.2. The minimum atomic E-state index is -0.144. The van der Waals surface area contributed by atoms with E-state index in [0.717, 1.165) is 35.5 Å². The zero-order valence-corrected chi connectivity index (χ0v) is 12.9. The summed E-state index contributed by atoms with van der Waals surface area (Å²) in [5, 5.41) is 17.4. The number of amides is 1. The molecule has 0 aromatic carbocycles. The highest BCUT2D eigenvalue weighted by Crippen LogP contribution is 2.15. The van der Waals surface area contributed by atoms with Gasteiger partial charge in [0.05, 0.1) is 6.20 Å². The molecule has 3 rings (SSSR count). The van der Waals surface area contributed by atoms with E-state index in [4.69, 9.17) is 0 Å². The van der Waals surface area contributed by atoms with E-state index in [9.17, 15) is 4.79 Å². The molecule has 2 aromatic rings. The van der Waals surface area contributed by atoms with Gasteiger partial charge in [-0.3, -0.25) is 14.6 Å². The lowest BCUT2D eigenvalue weighted by atomic mass is 10.1. The second-order valence-electron chi connectivity index (χ2n) is 5.02. The standard InChI is InChI=1S/C13H18N6O.ClH/c1-8-9(6-16-19(8)2)5-15-13(20)12-10-7-14-4-3-11(10)17-18-12;/h6,14H,3-5,7H2,1-2H3,(H,15,20)(H,17,18);1H. The first-order chi connectivity index (χ1) is 9.66. The number of aromatic nitrogens is 4. The van der Waals surface area contributed by atoms with Crippen LogP contribution in [0.4, 0.5) is 0 Å². The maximum absolute atomic E-state index is 12.2. The fourth-order valence-electron chi connectivity index (χ4n) is 2.39. The molecule has 7 nitrogen and oxygen atoms in total. The second kappa shape index (κ2) is 6.28. The molecule has 0 spiro atoms. The third-order valence-corrected chi connectivity index (χ3v) is 3.80. The summed E-state index contributed by atoms with van der Waals surface area (Å²) in [5.41, 5.74) is 4.61. The smallest absolute Gasteiger partial charge is 0.272 e. The van der Waals surface area contributed by atoms with Crippen molar-refractivity contribution in [2.75, 3.05) is 6.54 Å². The van der Waals surface area contributed by atoms with Gasteiger partial charge in [-0.2, -0.15) is 10.2 Å². The van der Waals surface area contributed by atoms with Gasteiger partial charge in [-0.1, -0.05) is 0 Å². The molecule has 0 atom stereocenters. The first-order valence-electron chi connectivity index (χ1n) is 6.69. The van der Waals surface area contributed by atoms with E-state index in [0.29, 0.717) is 18.8 Å². The Hall–Kier alpha value is -1.86. The average Bonchev–Trinajstić information content (AvgIpc) is 3.02. The summed E-state index contributed by atoms with van der Waals surface area (Å²) in [5.74, 6) is -0.144. The number of fused-ring (bicyclic) bond motifs is 1. The normalized spacial score (nSPS) is 13.4. The summed E-state index contributed by atoms with van der Waals surface area (Å²) in [6.45, 7) is 4.06. The molecule has 3 N–H and O–H groups in total. The highest BCUT2D eigenvalue weighted by molar-refractivity contribution is 5.94. The summed E-state index contributed by atoms with van der Waals surface area (Å²) < 4.78 is 1.79. The fraction of sp³-hybridized carbons (Fsp3) is 0.462. The van der Waals surface area contributed by atoms with Crippen LogP contribution in [0.25, 0.3) is 0 Å². The van der Waals surface area contributed by atoms with E-state index in [1.807, 2.05) is 14.0 Å². The molecule has 2 aromatic heterocycles. The molecular formula is C13H19ClN6O. The lowest BCUT2D eigenvalue weighted by Gasteiger charge is -2.12. The van der Waals surface area contributed by atoms with Crippen LogP contribution in [0.1, 0.15) is 33.0 Å². The van der Waals surface area contributed by atoms with Crippen molar-refractivity contribution in [2.45, 2.75) is 26.4 Å². The van der Waals surface area contributed by atoms with Gasteiger partial charge in [-0.15, -0.1) is 12.4 Å². The minimum Gasteiger partial charge on any atom is -0.346 e. The van der Waals surface area contributed by atoms with Crippen molar-refractivity contribution < 1.29 is 4.79 Å². The molecule has 1 amide bonds. The molecule has 21 heavy (non-hydrogen) atoms. The summed E-state index contributed by atoms with van der Waals surface area (Å²) in [4.78, 5) is 12.2. The molecule has 0 radical (unpaired) electrons. The van der Waals surface area contributed by atoms with Crippen molar-refractivity contribution in [3.8, 4) is 0 Å². The van der Waals surface area contributed by atoms with Crippen molar-refractivity contribution >= 4 is 18.3 Å². The number of hydrogen-bond donors (Lipinski definition) is 3. The molecule has 1 aliphatic heterocycles. The number of aromatic amines is 1. The molecule has 0 fully saturated rings. The number of carbonyl (C=O) groups is 1. The number of nitrogens with one attached hydrogen (secondary N) is 3. The Labute approximate surface area is 128 Å². The quantitative estimate of drug-likeness (QED) is 0.768. The first kappa shape index (κ1) is 15.5. The van der Waals surface area contributed by atoms with Crippen LogP contribution in [0.2, 0.25) is 0 Å². The predicted molar refractivity (Wildman–Crippen MR) is 80.4 cm³/mol. The van der Waals surface area contributed by atoms with Crippen LogP contribution in [0.5, 0.6) is 0 Å². The number of hydrogen-bond acceptors (Lipinski definition) is 4. The van der Waals surface area contributed by atoms with Crippen LogP contribution in [-0.4, -0.2) is 32.4 Å². The Bertz CT molecular complexity index is 647. The van der Waals surface area contributed by atoms with Gasteiger partial charge in [0.15, 0.2) is 5.69 Å². The van der Waals surface area contributed by atoms with Gasteiger partial charge in [0.25, 0.3) is 5.91 Å². The van der Waals surface area contributed by atoms with Crippen LogP contribution >= 0.6 is 12.4 Å². The van der Waals surface area contributed by atoms with Crippen molar-refractivity contribution in [2.24, 2.45) is 7.05 Å². The first-order valence-corrected chi connectivity index (χ1v) is 6.69. The number of halogens is 1. The molecular weight excluding hydrogens is 292 g/mol. The molecule has 0 bridgehead atoms. The van der Waals surface area contributed by atoms with Crippen molar-refractivity contribution in [1.82, 2.24) is 30.6 Å². The molecule has 114 valence electrons. The van der Waals surface area contributed by atoms with Crippen LogP contribution in [0.15, 0.2) is 6.20 Å². The molecule has 0 aliphatic carbocycles. The van der Waals surface area contributed by atoms with Gasteiger partial charge in [0.2, 0.25) is 0 Å². The van der Waals surface area contributed by atoms with Gasteiger partial charge in [0, 0.05) is 55.6 Å². The highest BCUT2D eigenvalue weighted by Gasteiger charge is 2.21. The third-order valence-electron chi connectivity index (χ3n) is 3.80. The van der Waals surface area contributed by atoms with Gasteiger partial charge in [-0.25, -0.2) is 0 Å². The van der Waals surface area contributed by atoms with Gasteiger partial charge >= 0.3 is 0 Å². The monoisotopic (exact) mass is 310 g/mol. The van der Waals surface area contributed by atoms with Gasteiger partial charge in [-0.05, 0) is 6.92 Å². The van der Waals surface area contributed by atoms with Crippen LogP contribution in [0.3, 0.4) is 0 Å². The Balaban J connectivity index is 0.00000161. The largest absolute Gasteiger partial charge is 0.346 e. The van der Waals surface area contributed by atoms with E-state index in [2.05, 4.69) is 25.9 Å². The topological polar surface area (TPSA) is 87.6 Å². The summed E-state index contributed by atoms with van der Waals surface area (Å²) >= 11 is 0. The van der Waals surface area contributed by atoms with Crippen molar-refractivity contribution in [3.05, 3.63) is 34.4 Å². The number of aryl methyl sites for hydroxylation is 1. The summed E-state index contributed by atoms with van der Waals surface area (Å²) in [7, 11) is 1.89. The maximum Gasteiger partial charge on any atom is 0.272 e. The van der Waals surface area contributed by atoms with Gasteiger partial charge in [0.1, 0.15) is 0 Å². The van der Waals surface area contributed by atoms with E-state index < -0.39 is 0 Å². The van der Waals surface area contributed by atoms with Crippen molar-refractivity contribution in [3.63, 3.8) is 0 Å². The van der Waals surface area contributed by atoms with E-state index >= 15 is 0 Å². The van der Waals surface area contributed by atoms with E-state index in [1.165, 1.54) is 0 Å². The lowest BCUT2D eigenvalue weighted by Crippen LogP contribution is -2.28. The highest BCUT2D eigenvalue weighted by atomic mass is 35.5. The molecule has 3 heterocycles. The van der Waals surface area contributed by atoms with Crippen LogP contribution < -0.4 is 10.6 Å². The summed E-state index contributed by atoms with van der Waals surface area (Å²) in [6.07, 6.45) is 2.66. The number of H-pyrrole nitrogens is 1. The van der Waals surface area contributed by atoms with Crippen molar-refractivity contribution in [1.29, 1.82) is 0 Å². The zero-order chi connectivity index (χ0) is 14.1. The third kappa shape index (κ3) is 2.93. The average molecular weight is 311 g/mol.